The highest BCUT2D eigenvalue weighted by Gasteiger charge is 2.07. The van der Waals surface area contributed by atoms with Crippen molar-refractivity contribution in [2.45, 2.75) is 18.1 Å². The highest BCUT2D eigenvalue weighted by molar-refractivity contribution is 7.99. The molecular weight excluding hydrogens is 230 g/mol. The molecule has 0 spiro atoms. The SMILES string of the molecule is Cc1ccc(C(O)CSc2ccccn2)cc1. The minimum absolute atomic E-state index is 0.442. The maximum atomic E-state index is 10.0. The first-order valence-corrected chi connectivity index (χ1v) is 6.53. The molecule has 0 amide bonds. The first-order valence-electron chi connectivity index (χ1n) is 5.54. The number of hydrogen-bond donors (Lipinski definition) is 1. The molecule has 88 valence electrons. The molecule has 0 aliphatic heterocycles. The predicted molar refractivity (Wildman–Crippen MR) is 71.1 cm³/mol. The second kappa shape index (κ2) is 5.84. The largest absolute Gasteiger partial charge is 0.388 e. The van der Waals surface area contributed by atoms with Crippen LogP contribution < -0.4 is 0 Å². The van der Waals surface area contributed by atoms with Gasteiger partial charge in [-0.05, 0) is 24.6 Å². The van der Waals surface area contributed by atoms with Gasteiger partial charge in [-0.1, -0.05) is 35.9 Å². The second-order valence-corrected chi connectivity index (χ2v) is 4.95. The van der Waals surface area contributed by atoms with Gasteiger partial charge >= 0.3 is 0 Å². The zero-order chi connectivity index (χ0) is 12.1. The van der Waals surface area contributed by atoms with Gasteiger partial charge in [0.2, 0.25) is 0 Å². The van der Waals surface area contributed by atoms with Crippen molar-refractivity contribution in [1.29, 1.82) is 0 Å². The Morgan fingerprint density at radius 1 is 1.18 bits per heavy atom. The van der Waals surface area contributed by atoms with Crippen molar-refractivity contribution in [2.24, 2.45) is 0 Å². The second-order valence-electron chi connectivity index (χ2n) is 3.91. The van der Waals surface area contributed by atoms with Crippen LogP contribution in [0.3, 0.4) is 0 Å². The fraction of sp³-hybridized carbons (Fsp3) is 0.214. The van der Waals surface area contributed by atoms with E-state index in [0.29, 0.717) is 5.75 Å². The molecule has 1 heterocycles. The zero-order valence-corrected chi connectivity index (χ0v) is 10.5. The Hall–Kier alpha value is -1.32. The third kappa shape index (κ3) is 3.58. The molecule has 0 bridgehead atoms. The molecule has 1 atom stereocenters. The molecule has 17 heavy (non-hydrogen) atoms. The van der Waals surface area contributed by atoms with Crippen molar-refractivity contribution in [3.05, 3.63) is 59.8 Å². The van der Waals surface area contributed by atoms with E-state index in [1.807, 2.05) is 49.4 Å². The third-order valence-electron chi connectivity index (χ3n) is 2.49. The van der Waals surface area contributed by atoms with Gasteiger partial charge in [0, 0.05) is 11.9 Å². The average Bonchev–Trinajstić information content (AvgIpc) is 2.38. The normalized spacial score (nSPS) is 12.4. The monoisotopic (exact) mass is 245 g/mol. The Kier molecular flexibility index (Phi) is 4.18. The van der Waals surface area contributed by atoms with Crippen molar-refractivity contribution >= 4 is 11.8 Å². The van der Waals surface area contributed by atoms with E-state index >= 15 is 0 Å². The fourth-order valence-corrected chi connectivity index (χ4v) is 2.31. The number of aromatic nitrogens is 1. The van der Waals surface area contributed by atoms with Crippen LogP contribution in [0.1, 0.15) is 17.2 Å². The molecule has 0 aliphatic rings. The number of aliphatic hydroxyl groups excluding tert-OH is 1. The quantitative estimate of drug-likeness (QED) is 0.840. The number of aliphatic hydroxyl groups is 1. The first kappa shape index (κ1) is 12.1. The summed E-state index contributed by atoms with van der Waals surface area (Å²) >= 11 is 1.57. The molecule has 1 unspecified atom stereocenters. The van der Waals surface area contributed by atoms with Gasteiger partial charge in [-0.2, -0.15) is 0 Å². The van der Waals surface area contributed by atoms with Crippen LogP contribution in [0.2, 0.25) is 0 Å². The Labute approximate surface area is 106 Å². The van der Waals surface area contributed by atoms with Gasteiger partial charge < -0.3 is 5.11 Å². The van der Waals surface area contributed by atoms with Crippen LogP contribution in [-0.2, 0) is 0 Å². The highest BCUT2D eigenvalue weighted by Crippen LogP contribution is 2.23. The van der Waals surface area contributed by atoms with E-state index in [0.717, 1.165) is 10.6 Å². The van der Waals surface area contributed by atoms with Gasteiger partial charge in [0.1, 0.15) is 0 Å². The van der Waals surface area contributed by atoms with E-state index in [4.69, 9.17) is 0 Å². The Bertz CT molecular complexity index is 455. The number of thioether (sulfide) groups is 1. The van der Waals surface area contributed by atoms with Gasteiger partial charge in [0.05, 0.1) is 11.1 Å². The summed E-state index contributed by atoms with van der Waals surface area (Å²) in [5.74, 6) is 0.625. The summed E-state index contributed by atoms with van der Waals surface area (Å²) < 4.78 is 0. The molecule has 1 aromatic carbocycles. The lowest BCUT2D eigenvalue weighted by atomic mass is 10.1. The van der Waals surface area contributed by atoms with Gasteiger partial charge in [-0.15, -0.1) is 11.8 Å². The number of aryl methyl sites for hydroxylation is 1. The molecule has 0 saturated carbocycles. The van der Waals surface area contributed by atoms with Crippen molar-refractivity contribution in [3.63, 3.8) is 0 Å². The maximum absolute atomic E-state index is 10.0. The summed E-state index contributed by atoms with van der Waals surface area (Å²) in [5, 5.41) is 11.0. The van der Waals surface area contributed by atoms with Crippen molar-refractivity contribution < 1.29 is 5.11 Å². The van der Waals surface area contributed by atoms with E-state index in [1.54, 1.807) is 18.0 Å². The van der Waals surface area contributed by atoms with Crippen LogP contribution in [0, 0.1) is 6.92 Å². The van der Waals surface area contributed by atoms with E-state index in [2.05, 4.69) is 4.98 Å². The van der Waals surface area contributed by atoms with E-state index in [1.165, 1.54) is 5.56 Å². The van der Waals surface area contributed by atoms with Gasteiger partial charge in [0.15, 0.2) is 0 Å². The summed E-state index contributed by atoms with van der Waals surface area (Å²) in [6, 6.07) is 13.8. The fourth-order valence-electron chi connectivity index (χ4n) is 1.48. The van der Waals surface area contributed by atoms with Crippen molar-refractivity contribution in [3.8, 4) is 0 Å². The molecule has 0 radical (unpaired) electrons. The summed E-state index contributed by atoms with van der Waals surface area (Å²) in [6.45, 7) is 2.04. The number of hydrogen-bond acceptors (Lipinski definition) is 3. The third-order valence-corrected chi connectivity index (χ3v) is 3.51. The zero-order valence-electron chi connectivity index (χ0n) is 9.71. The number of benzene rings is 1. The minimum atomic E-state index is -0.442. The molecule has 1 N–H and O–H groups in total. The Balaban J connectivity index is 1.93. The van der Waals surface area contributed by atoms with E-state index in [9.17, 15) is 5.11 Å². The van der Waals surface area contributed by atoms with Crippen LogP contribution in [0.15, 0.2) is 53.7 Å². The van der Waals surface area contributed by atoms with Gasteiger partial charge in [0.25, 0.3) is 0 Å². The summed E-state index contributed by atoms with van der Waals surface area (Å²) in [6.07, 6.45) is 1.32. The average molecular weight is 245 g/mol. The van der Waals surface area contributed by atoms with Gasteiger partial charge in [-0.3, -0.25) is 0 Å². The molecule has 0 fully saturated rings. The van der Waals surface area contributed by atoms with Crippen molar-refractivity contribution in [2.75, 3.05) is 5.75 Å². The topological polar surface area (TPSA) is 33.1 Å². The first-order chi connectivity index (χ1) is 8.25. The molecule has 0 saturated heterocycles. The van der Waals surface area contributed by atoms with Crippen LogP contribution in [0.25, 0.3) is 0 Å². The smallest absolute Gasteiger partial charge is 0.0960 e. The molecule has 2 aromatic rings. The van der Waals surface area contributed by atoms with Crippen molar-refractivity contribution in [1.82, 2.24) is 4.98 Å². The predicted octanol–water partition coefficient (Wildman–Crippen LogP) is 3.22. The maximum Gasteiger partial charge on any atom is 0.0960 e. The van der Waals surface area contributed by atoms with E-state index < -0.39 is 6.10 Å². The lowest BCUT2D eigenvalue weighted by molar-refractivity contribution is 0.204. The molecule has 3 heteroatoms. The summed E-state index contributed by atoms with van der Waals surface area (Å²) in [4.78, 5) is 4.21. The minimum Gasteiger partial charge on any atom is -0.388 e. The van der Waals surface area contributed by atoms with Crippen LogP contribution in [0.4, 0.5) is 0 Å². The molecule has 2 nitrogen and oxygen atoms in total. The molecule has 0 aliphatic carbocycles. The number of pyridine rings is 1. The van der Waals surface area contributed by atoms with Crippen LogP contribution >= 0.6 is 11.8 Å². The van der Waals surface area contributed by atoms with Gasteiger partial charge in [-0.25, -0.2) is 4.98 Å². The summed E-state index contributed by atoms with van der Waals surface area (Å²) in [7, 11) is 0. The summed E-state index contributed by atoms with van der Waals surface area (Å²) in [5.41, 5.74) is 2.16. The van der Waals surface area contributed by atoms with E-state index in [-0.39, 0.29) is 0 Å². The number of rotatable bonds is 4. The standard InChI is InChI=1S/C14H15NOS/c1-11-5-7-12(8-6-11)13(16)10-17-14-4-2-3-9-15-14/h2-9,13,16H,10H2,1H3. The molecule has 2 rings (SSSR count). The van der Waals surface area contributed by atoms with Crippen LogP contribution in [0.5, 0.6) is 0 Å². The lowest BCUT2D eigenvalue weighted by Crippen LogP contribution is -2.00. The number of nitrogens with zero attached hydrogens (tertiary/aromatic N) is 1. The Morgan fingerprint density at radius 2 is 1.94 bits per heavy atom. The highest BCUT2D eigenvalue weighted by atomic mass is 32.2. The van der Waals surface area contributed by atoms with Crippen LogP contribution in [-0.4, -0.2) is 15.8 Å². The Morgan fingerprint density at radius 3 is 2.59 bits per heavy atom. The molecular formula is C14H15NOS. The lowest BCUT2D eigenvalue weighted by Gasteiger charge is -2.10. The molecule has 1 aromatic heterocycles.